The van der Waals surface area contributed by atoms with Crippen LogP contribution in [0.15, 0.2) is 0 Å². The summed E-state index contributed by atoms with van der Waals surface area (Å²) in [5, 5.41) is 0. The topological polar surface area (TPSA) is 55.4 Å². The molecule has 0 heterocycles. The molecule has 0 bridgehead atoms. The Kier molecular flexibility index (Phi) is 10.4. The molecule has 0 saturated heterocycles. The van der Waals surface area contributed by atoms with Gasteiger partial charge in [0.2, 0.25) is 0 Å². The van der Waals surface area contributed by atoms with Crippen molar-refractivity contribution in [3.8, 4) is 0 Å². The van der Waals surface area contributed by atoms with E-state index in [1.54, 1.807) is 35.5 Å². The molecule has 0 unspecified atom stereocenters. The summed E-state index contributed by atoms with van der Waals surface area (Å²) in [7, 11) is 0.313. The summed E-state index contributed by atoms with van der Waals surface area (Å²) in [4.78, 5) is 0. The van der Waals surface area contributed by atoms with Crippen molar-refractivity contribution in [3.63, 3.8) is 0 Å². The molecule has 0 radical (unpaired) electrons. The highest BCUT2D eigenvalue weighted by molar-refractivity contribution is 6.86. The highest BCUT2D eigenvalue weighted by Crippen LogP contribution is 2.29. The summed E-state index contributed by atoms with van der Waals surface area (Å²) in [6.45, 7) is 11.2. The van der Waals surface area contributed by atoms with Gasteiger partial charge in [0, 0.05) is 41.6 Å². The molecule has 0 spiro atoms. The van der Waals surface area contributed by atoms with Gasteiger partial charge in [0.1, 0.15) is 0 Å². The van der Waals surface area contributed by atoms with Gasteiger partial charge in [-0.2, -0.15) is 0 Å². The summed E-state index contributed by atoms with van der Waals surface area (Å²) in [6.07, 6.45) is 0. The Morgan fingerprint density at radius 3 is 1.21 bits per heavy atom. The molecular weight excluding hydrogens is 376 g/mol. The molecule has 0 aliphatic heterocycles. The Morgan fingerprint density at radius 2 is 0.875 bits per heavy atom. The first kappa shape index (κ1) is 24.6. The van der Waals surface area contributed by atoms with Crippen LogP contribution in [0.3, 0.4) is 0 Å². The average molecular weight is 415 g/mol. The molecule has 0 saturated carbocycles. The predicted octanol–water partition coefficient (Wildman–Crippen LogP) is 3.66. The molecule has 0 fully saturated rings. The van der Waals surface area contributed by atoms with Crippen molar-refractivity contribution in [1.29, 1.82) is 0 Å². The third kappa shape index (κ3) is 8.34. The summed E-state index contributed by atoms with van der Waals surface area (Å²) in [5.41, 5.74) is 0. The third-order valence-corrected chi connectivity index (χ3v) is 18.5. The van der Waals surface area contributed by atoms with E-state index in [0.717, 1.165) is 24.2 Å². The van der Waals surface area contributed by atoms with Gasteiger partial charge in [-0.25, -0.2) is 0 Å². The van der Waals surface area contributed by atoms with Gasteiger partial charge in [-0.3, -0.25) is 0 Å². The van der Waals surface area contributed by atoms with Gasteiger partial charge in [0.05, 0.1) is 0 Å². The Morgan fingerprint density at radius 1 is 0.500 bits per heavy atom. The van der Waals surface area contributed by atoms with Crippen LogP contribution in [0, 0.1) is 0 Å². The molecule has 0 aliphatic rings. The van der Waals surface area contributed by atoms with Crippen LogP contribution in [0.2, 0.25) is 56.9 Å². The van der Waals surface area contributed by atoms with Crippen LogP contribution in [0.4, 0.5) is 0 Å². The molecule has 0 N–H and O–H groups in total. The molecule has 0 aromatic heterocycles. The molecule has 0 amide bonds. The van der Waals surface area contributed by atoms with E-state index in [1.165, 1.54) is 0 Å². The van der Waals surface area contributed by atoms with Crippen LogP contribution in [0.5, 0.6) is 0 Å². The Hall–Kier alpha value is 0.628. The molecule has 146 valence electrons. The fraction of sp³-hybridized carbons (Fsp3) is 1.00. The monoisotopic (exact) mass is 414 g/mol. The zero-order chi connectivity index (χ0) is 19.1. The molecular formula is C14H38O6Si4. The van der Waals surface area contributed by atoms with Crippen LogP contribution < -0.4 is 0 Å². The van der Waals surface area contributed by atoms with Crippen LogP contribution in [-0.2, 0) is 26.2 Å². The lowest BCUT2D eigenvalue weighted by molar-refractivity contribution is 0.125. The number of hydrogen-bond donors (Lipinski definition) is 0. The molecule has 10 heteroatoms. The standard InChI is InChI=1S/C14H38O6Si4/c1-15-23(10,16-2)13-11-21(6,7)20-22(8,9)12-14-24(17-3,18-4)19-5/h11-14H2,1-10H3. The minimum Gasteiger partial charge on any atom is -0.456 e. The molecule has 0 rings (SSSR count). The summed E-state index contributed by atoms with van der Waals surface area (Å²) in [6, 6.07) is 3.78. The first-order chi connectivity index (χ1) is 10.9. The van der Waals surface area contributed by atoms with E-state index in [2.05, 4.69) is 32.7 Å². The van der Waals surface area contributed by atoms with E-state index in [4.69, 9.17) is 26.2 Å². The second kappa shape index (κ2) is 10.1. The Balaban J connectivity index is 4.71. The van der Waals surface area contributed by atoms with Crippen molar-refractivity contribution in [2.75, 3.05) is 35.5 Å². The van der Waals surface area contributed by atoms with Crippen LogP contribution >= 0.6 is 0 Å². The Bertz CT molecular complexity index is 351. The predicted molar refractivity (Wildman–Crippen MR) is 108 cm³/mol. The van der Waals surface area contributed by atoms with Crippen LogP contribution in [-0.4, -0.2) is 69.5 Å². The van der Waals surface area contributed by atoms with E-state index in [-0.39, 0.29) is 0 Å². The number of rotatable bonds is 13. The molecule has 0 atom stereocenters. The average Bonchev–Trinajstić information content (AvgIpc) is 2.53. The molecule has 0 aliphatic carbocycles. The maximum absolute atomic E-state index is 6.68. The lowest BCUT2D eigenvalue weighted by atomic mass is 10.9. The highest BCUT2D eigenvalue weighted by atomic mass is 28.4. The Labute approximate surface area is 153 Å². The van der Waals surface area contributed by atoms with Crippen molar-refractivity contribution in [3.05, 3.63) is 0 Å². The van der Waals surface area contributed by atoms with Crippen molar-refractivity contribution >= 4 is 34.0 Å². The molecule has 0 aromatic rings. The van der Waals surface area contributed by atoms with Gasteiger partial charge in [-0.1, -0.05) is 0 Å². The summed E-state index contributed by atoms with van der Waals surface area (Å²) < 4.78 is 34.5. The molecule has 6 nitrogen and oxygen atoms in total. The van der Waals surface area contributed by atoms with E-state index < -0.39 is 34.0 Å². The maximum atomic E-state index is 6.68. The first-order valence-corrected chi connectivity index (χ1v) is 19.1. The smallest absolute Gasteiger partial charge is 0.456 e. The zero-order valence-electron chi connectivity index (χ0n) is 17.3. The highest BCUT2D eigenvalue weighted by Gasteiger charge is 2.42. The lowest BCUT2D eigenvalue weighted by Crippen LogP contribution is -2.49. The fourth-order valence-electron chi connectivity index (χ4n) is 2.68. The van der Waals surface area contributed by atoms with Crippen LogP contribution in [0.25, 0.3) is 0 Å². The van der Waals surface area contributed by atoms with Crippen molar-refractivity contribution in [1.82, 2.24) is 0 Å². The van der Waals surface area contributed by atoms with Gasteiger partial charge in [0.25, 0.3) is 0 Å². The van der Waals surface area contributed by atoms with Gasteiger partial charge in [-0.05, 0) is 50.9 Å². The van der Waals surface area contributed by atoms with E-state index >= 15 is 0 Å². The number of hydrogen-bond acceptors (Lipinski definition) is 6. The van der Waals surface area contributed by atoms with Gasteiger partial charge in [-0.15, -0.1) is 0 Å². The van der Waals surface area contributed by atoms with Crippen molar-refractivity contribution in [2.24, 2.45) is 0 Å². The first-order valence-electron chi connectivity index (χ1n) is 8.38. The third-order valence-electron chi connectivity index (χ3n) is 4.56. The molecule has 0 aromatic carbocycles. The SMILES string of the molecule is CO[Si](C)(CC[Si](C)(C)O[Si](C)(C)CC[Si](OC)(OC)OC)OC. The normalized spacial score (nSPS) is 14.2. The lowest BCUT2D eigenvalue weighted by Gasteiger charge is -2.36. The second-order valence-electron chi connectivity index (χ2n) is 7.46. The minimum atomic E-state index is -2.53. The fourth-order valence-corrected chi connectivity index (χ4v) is 19.0. The quantitative estimate of drug-likeness (QED) is 0.429. The van der Waals surface area contributed by atoms with E-state index in [1.807, 2.05) is 0 Å². The maximum Gasteiger partial charge on any atom is 0.499 e. The van der Waals surface area contributed by atoms with E-state index in [0.29, 0.717) is 0 Å². The van der Waals surface area contributed by atoms with Gasteiger partial charge >= 0.3 is 17.4 Å². The van der Waals surface area contributed by atoms with Gasteiger partial charge < -0.3 is 26.2 Å². The van der Waals surface area contributed by atoms with Crippen molar-refractivity contribution in [2.45, 2.75) is 56.9 Å². The van der Waals surface area contributed by atoms with E-state index in [9.17, 15) is 0 Å². The summed E-state index contributed by atoms with van der Waals surface area (Å²) in [5.74, 6) is 0. The van der Waals surface area contributed by atoms with Gasteiger partial charge in [0.15, 0.2) is 16.6 Å². The molecule has 24 heavy (non-hydrogen) atoms. The zero-order valence-corrected chi connectivity index (χ0v) is 21.3. The van der Waals surface area contributed by atoms with Crippen molar-refractivity contribution < 1.29 is 26.2 Å². The van der Waals surface area contributed by atoms with Crippen LogP contribution in [0.1, 0.15) is 0 Å². The largest absolute Gasteiger partial charge is 0.499 e. The minimum absolute atomic E-state index is 0.794. The summed E-state index contributed by atoms with van der Waals surface area (Å²) >= 11 is 0. The second-order valence-corrected chi connectivity index (χ2v) is 23.0.